The third-order valence-corrected chi connectivity index (χ3v) is 5.64. The van der Waals surface area contributed by atoms with Gasteiger partial charge in [0.15, 0.2) is 0 Å². The highest BCUT2D eigenvalue weighted by Gasteiger charge is 2.31. The molecule has 1 aliphatic rings. The second kappa shape index (κ2) is 5.70. The van der Waals surface area contributed by atoms with Crippen molar-refractivity contribution in [3.8, 4) is 0 Å². The first-order valence-corrected chi connectivity index (χ1v) is 8.72. The Morgan fingerprint density at radius 3 is 2.87 bits per heavy atom. The van der Waals surface area contributed by atoms with Gasteiger partial charge in [-0.2, -0.15) is 4.98 Å². The Labute approximate surface area is 147 Å². The highest BCUT2D eigenvalue weighted by molar-refractivity contribution is 7.10. The molecule has 0 spiro atoms. The highest BCUT2D eigenvalue weighted by Crippen LogP contribution is 2.40. The van der Waals surface area contributed by atoms with Gasteiger partial charge in [0.2, 0.25) is 11.9 Å². The molecule has 3 heterocycles. The molecule has 3 aromatic rings. The van der Waals surface area contributed by atoms with Crippen LogP contribution in [0.3, 0.4) is 0 Å². The van der Waals surface area contributed by atoms with Crippen molar-refractivity contribution in [1.29, 1.82) is 0 Å². The molecule has 8 heteroatoms. The quantitative estimate of drug-likeness (QED) is 0.707. The van der Waals surface area contributed by atoms with Crippen molar-refractivity contribution in [1.82, 2.24) is 14.8 Å². The molecule has 118 valence electrons. The van der Waals surface area contributed by atoms with Gasteiger partial charge in [-0.3, -0.25) is 0 Å². The average Bonchev–Trinajstić information content (AvgIpc) is 3.17. The van der Waals surface area contributed by atoms with Gasteiger partial charge in [-0.05, 0) is 35.6 Å². The highest BCUT2D eigenvalue weighted by atomic mass is 35.5. The molecule has 2 aromatic heterocycles. The zero-order chi connectivity index (χ0) is 16.0. The molecule has 0 fully saturated rings. The number of nitrogen functional groups attached to an aromatic ring is 1. The molecule has 0 unspecified atom stereocenters. The van der Waals surface area contributed by atoms with Gasteiger partial charge in [0.25, 0.3) is 0 Å². The molecular formula is C15H13Cl2N5S. The lowest BCUT2D eigenvalue weighted by atomic mass is 9.97. The fraction of sp³-hybridized carbons (Fsp3) is 0.200. The predicted octanol–water partition coefficient (Wildman–Crippen LogP) is 4.37. The van der Waals surface area contributed by atoms with Gasteiger partial charge < -0.3 is 11.1 Å². The van der Waals surface area contributed by atoms with E-state index in [1.54, 1.807) is 11.3 Å². The summed E-state index contributed by atoms with van der Waals surface area (Å²) in [6, 6.07) is 9.98. The minimum Gasteiger partial charge on any atom is -0.366 e. The van der Waals surface area contributed by atoms with Gasteiger partial charge in [-0.25, -0.2) is 4.68 Å². The van der Waals surface area contributed by atoms with Crippen LogP contribution < -0.4 is 11.1 Å². The molecule has 0 saturated carbocycles. The van der Waals surface area contributed by atoms with Gasteiger partial charge in [0.1, 0.15) is 0 Å². The fourth-order valence-corrected chi connectivity index (χ4v) is 3.99. The minimum atomic E-state index is 0.0629. The van der Waals surface area contributed by atoms with Crippen molar-refractivity contribution < 1.29 is 0 Å². The van der Waals surface area contributed by atoms with Gasteiger partial charge in [-0.15, -0.1) is 16.4 Å². The number of rotatable bonds is 2. The molecule has 3 N–H and O–H groups in total. The summed E-state index contributed by atoms with van der Waals surface area (Å²) < 4.78 is 1.86. The first-order chi connectivity index (χ1) is 11.1. The van der Waals surface area contributed by atoms with Crippen LogP contribution in [-0.2, 0) is 0 Å². The average molecular weight is 366 g/mol. The lowest BCUT2D eigenvalue weighted by Crippen LogP contribution is -2.27. The molecule has 1 aromatic carbocycles. The maximum Gasteiger partial charge on any atom is 0.241 e. The van der Waals surface area contributed by atoms with Crippen molar-refractivity contribution in [3.63, 3.8) is 0 Å². The van der Waals surface area contributed by atoms with Gasteiger partial charge in [0, 0.05) is 4.88 Å². The van der Waals surface area contributed by atoms with Crippen molar-refractivity contribution in [2.75, 3.05) is 11.1 Å². The van der Waals surface area contributed by atoms with E-state index in [1.807, 2.05) is 28.9 Å². The largest absolute Gasteiger partial charge is 0.366 e. The first kappa shape index (κ1) is 14.8. The zero-order valence-corrected chi connectivity index (χ0v) is 14.2. The Morgan fingerprint density at radius 1 is 1.26 bits per heavy atom. The lowest BCUT2D eigenvalue weighted by Gasteiger charge is -2.31. The van der Waals surface area contributed by atoms with Crippen LogP contribution in [0.25, 0.3) is 0 Å². The van der Waals surface area contributed by atoms with Crippen LogP contribution in [-0.4, -0.2) is 14.8 Å². The van der Waals surface area contributed by atoms with Crippen LogP contribution in [0.1, 0.15) is 28.9 Å². The summed E-state index contributed by atoms with van der Waals surface area (Å²) in [5.74, 6) is 0.937. The van der Waals surface area contributed by atoms with Crippen molar-refractivity contribution in [2.45, 2.75) is 18.5 Å². The summed E-state index contributed by atoms with van der Waals surface area (Å²) in [7, 11) is 0. The number of nitrogens with two attached hydrogens (primary N) is 1. The molecule has 4 rings (SSSR count). The molecular weight excluding hydrogens is 353 g/mol. The standard InChI is InChI=1S/C15H13Cl2N5S/c16-9-4-3-8(6-10(9)17)11-7-12(13-2-1-5-23-13)22-15(19-11)20-14(18)21-22/h1-6,11-12H,7H2,(H3,18,19,20,21)/t11-,12-/m0/s1. The number of halogens is 2. The molecule has 2 atom stereocenters. The Kier molecular flexibility index (Phi) is 3.67. The molecule has 0 bridgehead atoms. The number of anilines is 2. The molecule has 23 heavy (non-hydrogen) atoms. The summed E-state index contributed by atoms with van der Waals surface area (Å²) in [6.07, 6.45) is 0.828. The fourth-order valence-electron chi connectivity index (χ4n) is 2.86. The van der Waals surface area contributed by atoms with E-state index in [-0.39, 0.29) is 18.0 Å². The maximum absolute atomic E-state index is 6.16. The van der Waals surface area contributed by atoms with Crippen LogP contribution in [0.5, 0.6) is 0 Å². The van der Waals surface area contributed by atoms with Gasteiger partial charge in [0.05, 0.1) is 22.1 Å². The summed E-state index contributed by atoms with van der Waals surface area (Å²) in [5.41, 5.74) is 6.85. The van der Waals surface area contributed by atoms with E-state index in [9.17, 15) is 0 Å². The van der Waals surface area contributed by atoms with Crippen LogP contribution in [0.15, 0.2) is 35.7 Å². The molecule has 0 saturated heterocycles. The van der Waals surface area contributed by atoms with Gasteiger partial charge in [-0.1, -0.05) is 35.3 Å². The minimum absolute atomic E-state index is 0.0629. The Bertz CT molecular complexity index is 846. The Balaban J connectivity index is 1.75. The molecule has 5 nitrogen and oxygen atoms in total. The monoisotopic (exact) mass is 365 g/mol. The topological polar surface area (TPSA) is 68.8 Å². The lowest BCUT2D eigenvalue weighted by molar-refractivity contribution is 0.437. The van der Waals surface area contributed by atoms with Crippen LogP contribution >= 0.6 is 34.5 Å². The normalized spacial score (nSPS) is 20.1. The molecule has 1 aliphatic heterocycles. The van der Waals surface area contributed by atoms with Crippen LogP contribution in [0.2, 0.25) is 10.0 Å². The van der Waals surface area contributed by atoms with E-state index < -0.39 is 0 Å². The summed E-state index contributed by atoms with van der Waals surface area (Å²) >= 11 is 13.9. The van der Waals surface area contributed by atoms with Crippen LogP contribution in [0, 0.1) is 0 Å². The van der Waals surface area contributed by atoms with E-state index in [0.717, 1.165) is 12.0 Å². The van der Waals surface area contributed by atoms with Crippen molar-refractivity contribution >= 4 is 46.4 Å². The van der Waals surface area contributed by atoms with Crippen LogP contribution in [0.4, 0.5) is 11.9 Å². The number of hydrogen-bond donors (Lipinski definition) is 2. The van der Waals surface area contributed by atoms with E-state index >= 15 is 0 Å². The molecule has 0 radical (unpaired) electrons. The maximum atomic E-state index is 6.16. The number of nitrogens with one attached hydrogen (secondary N) is 1. The summed E-state index contributed by atoms with van der Waals surface area (Å²) in [4.78, 5) is 5.52. The van der Waals surface area contributed by atoms with E-state index in [2.05, 4.69) is 26.8 Å². The molecule has 0 aliphatic carbocycles. The van der Waals surface area contributed by atoms with E-state index in [4.69, 9.17) is 28.9 Å². The SMILES string of the molecule is Nc1nc2n(n1)[C@H](c1cccs1)C[C@@H](c1ccc(Cl)c(Cl)c1)N2. The Hall–Kier alpha value is -1.76. The smallest absolute Gasteiger partial charge is 0.241 e. The second-order valence-corrected chi connectivity index (χ2v) is 7.17. The van der Waals surface area contributed by atoms with Crippen molar-refractivity contribution in [2.24, 2.45) is 0 Å². The number of nitrogens with zero attached hydrogens (tertiary/aromatic N) is 3. The Morgan fingerprint density at radius 2 is 2.13 bits per heavy atom. The third-order valence-electron chi connectivity index (χ3n) is 3.92. The number of aromatic nitrogens is 3. The summed E-state index contributed by atoms with van der Waals surface area (Å²) in [5, 5.41) is 10.9. The van der Waals surface area contributed by atoms with Gasteiger partial charge >= 0.3 is 0 Å². The molecule has 0 amide bonds. The number of benzene rings is 1. The predicted molar refractivity (Wildman–Crippen MR) is 94.3 cm³/mol. The number of fused-ring (bicyclic) bond motifs is 1. The summed E-state index contributed by atoms with van der Waals surface area (Å²) in [6.45, 7) is 0. The number of hydrogen-bond acceptors (Lipinski definition) is 5. The first-order valence-electron chi connectivity index (χ1n) is 7.08. The zero-order valence-electron chi connectivity index (χ0n) is 11.9. The van der Waals surface area contributed by atoms with E-state index in [1.165, 1.54) is 4.88 Å². The third kappa shape index (κ3) is 2.67. The second-order valence-electron chi connectivity index (χ2n) is 5.38. The van der Waals surface area contributed by atoms with Crippen molar-refractivity contribution in [3.05, 3.63) is 56.2 Å². The van der Waals surface area contributed by atoms with E-state index in [0.29, 0.717) is 16.0 Å². The number of thiophene rings is 1.